The van der Waals surface area contributed by atoms with E-state index >= 15 is 0 Å². The summed E-state index contributed by atoms with van der Waals surface area (Å²) in [5, 5.41) is 0. The van der Waals surface area contributed by atoms with Crippen LogP contribution in [0.15, 0.2) is 0 Å². The fraction of sp³-hybridized carbons (Fsp3) is 1.00. The van der Waals surface area contributed by atoms with Gasteiger partial charge in [-0.2, -0.15) is 0 Å². The molecule has 0 bridgehead atoms. The minimum atomic E-state index is 0.240. The van der Waals surface area contributed by atoms with Gasteiger partial charge >= 0.3 is 0 Å². The predicted octanol–water partition coefficient (Wildman–Crippen LogP) is 2.87. The number of rotatable bonds is 8. The molecule has 0 rings (SSSR count). The van der Waals surface area contributed by atoms with Crippen LogP contribution in [0.5, 0.6) is 0 Å². The van der Waals surface area contributed by atoms with Gasteiger partial charge in [-0.25, -0.2) is 0 Å². The molecule has 2 N–H and O–H groups in total. The van der Waals surface area contributed by atoms with Gasteiger partial charge in [0.25, 0.3) is 0 Å². The van der Waals surface area contributed by atoms with Crippen LogP contribution >= 0.6 is 0 Å². The zero-order valence-electron chi connectivity index (χ0n) is 11.3. The fourth-order valence-electron chi connectivity index (χ4n) is 2.26. The van der Waals surface area contributed by atoms with Crippen molar-refractivity contribution in [2.75, 3.05) is 19.6 Å². The molecule has 2 nitrogen and oxygen atoms in total. The van der Waals surface area contributed by atoms with Crippen LogP contribution in [0.4, 0.5) is 0 Å². The van der Waals surface area contributed by atoms with Crippen LogP contribution in [0.3, 0.4) is 0 Å². The summed E-state index contributed by atoms with van der Waals surface area (Å²) in [5.41, 5.74) is 6.21. The van der Waals surface area contributed by atoms with Crippen LogP contribution in [0.2, 0.25) is 0 Å². The summed E-state index contributed by atoms with van der Waals surface area (Å²) in [6, 6.07) is 0. The molecule has 15 heavy (non-hydrogen) atoms. The van der Waals surface area contributed by atoms with Gasteiger partial charge in [0.1, 0.15) is 0 Å². The Balaban J connectivity index is 4.44. The Bertz CT molecular complexity index is 142. The minimum absolute atomic E-state index is 0.240. The van der Waals surface area contributed by atoms with Gasteiger partial charge in [0, 0.05) is 12.1 Å². The Hall–Kier alpha value is -0.0800. The maximum atomic E-state index is 5.97. The molecule has 0 unspecified atom stereocenters. The van der Waals surface area contributed by atoms with Crippen molar-refractivity contribution in [3.63, 3.8) is 0 Å². The first-order valence-corrected chi connectivity index (χ1v) is 6.51. The van der Waals surface area contributed by atoms with E-state index in [4.69, 9.17) is 5.73 Å². The van der Waals surface area contributed by atoms with Crippen LogP contribution in [0.1, 0.15) is 53.9 Å². The molecule has 0 atom stereocenters. The van der Waals surface area contributed by atoms with Gasteiger partial charge in [-0.15, -0.1) is 0 Å². The van der Waals surface area contributed by atoms with E-state index in [-0.39, 0.29) is 5.54 Å². The summed E-state index contributed by atoms with van der Waals surface area (Å²) < 4.78 is 0. The highest BCUT2D eigenvalue weighted by atomic mass is 15.2. The molecular weight excluding hydrogens is 184 g/mol. The Morgan fingerprint density at radius 2 is 1.67 bits per heavy atom. The molecule has 0 saturated heterocycles. The normalized spacial score (nSPS) is 12.8. The molecule has 0 aliphatic carbocycles. The Morgan fingerprint density at radius 3 is 1.93 bits per heavy atom. The van der Waals surface area contributed by atoms with Crippen molar-refractivity contribution in [3.05, 3.63) is 0 Å². The summed E-state index contributed by atoms with van der Waals surface area (Å²) in [6.45, 7) is 14.4. The molecule has 0 heterocycles. The van der Waals surface area contributed by atoms with Gasteiger partial charge in [0.05, 0.1) is 0 Å². The predicted molar refractivity (Wildman–Crippen MR) is 69.1 cm³/mol. The zero-order chi connectivity index (χ0) is 11.9. The smallest absolute Gasteiger partial charge is 0.0326 e. The van der Waals surface area contributed by atoms with Gasteiger partial charge < -0.3 is 5.73 Å². The Kier molecular flexibility index (Phi) is 7.20. The molecular formula is C13H30N2. The molecule has 0 aromatic heterocycles. The number of nitrogens with zero attached hydrogens (tertiary/aromatic N) is 1. The molecule has 0 radical (unpaired) electrons. The first kappa shape index (κ1) is 14.9. The lowest BCUT2D eigenvalue weighted by atomic mass is 9.90. The van der Waals surface area contributed by atoms with Crippen molar-refractivity contribution in [1.82, 2.24) is 4.90 Å². The first-order valence-electron chi connectivity index (χ1n) is 6.51. The third kappa shape index (κ3) is 4.12. The van der Waals surface area contributed by atoms with Gasteiger partial charge in [-0.1, -0.05) is 34.6 Å². The maximum Gasteiger partial charge on any atom is 0.0326 e. The van der Waals surface area contributed by atoms with Gasteiger partial charge in [-0.3, -0.25) is 4.90 Å². The van der Waals surface area contributed by atoms with Crippen LogP contribution in [0, 0.1) is 5.92 Å². The average Bonchev–Trinajstić information content (AvgIpc) is 2.24. The molecule has 0 aromatic carbocycles. The number of hydrogen-bond donors (Lipinski definition) is 1. The second kappa shape index (κ2) is 7.24. The SMILES string of the molecule is CCN(CCC(C)C)C(CC)(CC)CN. The second-order valence-electron chi connectivity index (χ2n) is 4.90. The van der Waals surface area contributed by atoms with Gasteiger partial charge in [0.2, 0.25) is 0 Å². The van der Waals surface area contributed by atoms with Crippen molar-refractivity contribution < 1.29 is 0 Å². The zero-order valence-corrected chi connectivity index (χ0v) is 11.3. The van der Waals surface area contributed by atoms with E-state index < -0.39 is 0 Å². The molecule has 0 fully saturated rings. The van der Waals surface area contributed by atoms with Crippen molar-refractivity contribution in [2.24, 2.45) is 11.7 Å². The molecule has 0 amide bonds. The van der Waals surface area contributed by atoms with E-state index in [9.17, 15) is 0 Å². The summed E-state index contributed by atoms with van der Waals surface area (Å²) in [7, 11) is 0. The third-order valence-electron chi connectivity index (χ3n) is 3.73. The van der Waals surface area contributed by atoms with Crippen LogP contribution in [-0.2, 0) is 0 Å². The standard InChI is InChI=1S/C13H30N2/c1-6-13(7-2,11-14)15(8-3)10-9-12(4)5/h12H,6-11,14H2,1-5H3. The Labute approximate surface area is 96.2 Å². The summed E-state index contributed by atoms with van der Waals surface area (Å²) in [6.07, 6.45) is 3.59. The van der Waals surface area contributed by atoms with E-state index in [1.807, 2.05) is 0 Å². The van der Waals surface area contributed by atoms with Crippen molar-refractivity contribution in [3.8, 4) is 0 Å². The topological polar surface area (TPSA) is 29.3 Å². The van der Waals surface area contributed by atoms with E-state index in [0.29, 0.717) is 0 Å². The van der Waals surface area contributed by atoms with E-state index in [1.54, 1.807) is 0 Å². The highest BCUT2D eigenvalue weighted by molar-refractivity contribution is 4.89. The van der Waals surface area contributed by atoms with E-state index in [0.717, 1.165) is 31.8 Å². The maximum absolute atomic E-state index is 5.97. The molecule has 0 aliphatic rings. The van der Waals surface area contributed by atoms with E-state index in [2.05, 4.69) is 39.5 Å². The quantitative estimate of drug-likeness (QED) is 0.673. The van der Waals surface area contributed by atoms with E-state index in [1.165, 1.54) is 13.0 Å². The molecule has 2 heteroatoms. The molecule has 0 spiro atoms. The van der Waals surface area contributed by atoms with Crippen LogP contribution in [0.25, 0.3) is 0 Å². The van der Waals surface area contributed by atoms with Crippen molar-refractivity contribution >= 4 is 0 Å². The molecule has 0 aliphatic heterocycles. The number of hydrogen-bond acceptors (Lipinski definition) is 2. The monoisotopic (exact) mass is 214 g/mol. The molecule has 0 saturated carbocycles. The highest BCUT2D eigenvalue weighted by Crippen LogP contribution is 2.23. The lowest BCUT2D eigenvalue weighted by molar-refractivity contribution is 0.0855. The largest absolute Gasteiger partial charge is 0.329 e. The summed E-state index contributed by atoms with van der Waals surface area (Å²) >= 11 is 0. The molecule has 92 valence electrons. The third-order valence-corrected chi connectivity index (χ3v) is 3.73. The Morgan fingerprint density at radius 1 is 1.13 bits per heavy atom. The molecule has 0 aromatic rings. The summed E-state index contributed by atoms with van der Waals surface area (Å²) in [5.74, 6) is 0.781. The lowest BCUT2D eigenvalue weighted by Crippen LogP contribution is -2.53. The average molecular weight is 214 g/mol. The highest BCUT2D eigenvalue weighted by Gasteiger charge is 2.30. The summed E-state index contributed by atoms with van der Waals surface area (Å²) in [4.78, 5) is 2.58. The second-order valence-corrected chi connectivity index (χ2v) is 4.90. The van der Waals surface area contributed by atoms with Crippen LogP contribution < -0.4 is 5.73 Å². The number of likely N-dealkylation sites (N-methyl/N-ethyl adjacent to an activating group) is 1. The first-order chi connectivity index (χ1) is 7.06. The van der Waals surface area contributed by atoms with Crippen molar-refractivity contribution in [1.29, 1.82) is 0 Å². The van der Waals surface area contributed by atoms with Gasteiger partial charge in [-0.05, 0) is 38.3 Å². The van der Waals surface area contributed by atoms with Crippen molar-refractivity contribution in [2.45, 2.75) is 59.4 Å². The van der Waals surface area contributed by atoms with Crippen LogP contribution in [-0.4, -0.2) is 30.1 Å². The van der Waals surface area contributed by atoms with Gasteiger partial charge in [0.15, 0.2) is 0 Å². The lowest BCUT2D eigenvalue weighted by Gasteiger charge is -2.42. The number of nitrogens with two attached hydrogens (primary N) is 1. The fourth-order valence-corrected chi connectivity index (χ4v) is 2.26. The minimum Gasteiger partial charge on any atom is -0.329 e.